The van der Waals surface area contributed by atoms with Crippen LogP contribution >= 0.6 is 27.3 Å². The average molecular weight is 322 g/mol. The Morgan fingerprint density at radius 1 is 1.59 bits per heavy atom. The van der Waals surface area contributed by atoms with E-state index in [0.29, 0.717) is 0 Å². The van der Waals surface area contributed by atoms with Gasteiger partial charge in [-0.05, 0) is 35.3 Å². The molecule has 0 aromatic carbocycles. The van der Waals surface area contributed by atoms with Gasteiger partial charge in [-0.1, -0.05) is 13.3 Å². The van der Waals surface area contributed by atoms with E-state index in [1.807, 2.05) is 0 Å². The van der Waals surface area contributed by atoms with Crippen LogP contribution in [-0.2, 0) is 6.54 Å². The van der Waals surface area contributed by atoms with Crippen LogP contribution in [0.2, 0.25) is 0 Å². The molecule has 0 fully saturated rings. The van der Waals surface area contributed by atoms with Crippen molar-refractivity contribution in [1.82, 2.24) is 5.32 Å². The van der Waals surface area contributed by atoms with Crippen molar-refractivity contribution in [2.75, 3.05) is 13.7 Å². The molecule has 3 nitrogen and oxygen atoms in total. The largest absolute Gasteiger partial charge is 0.486 e. The molecule has 0 spiro atoms. The zero-order valence-electron chi connectivity index (χ0n) is 10.5. The van der Waals surface area contributed by atoms with Crippen LogP contribution in [0.15, 0.2) is 10.5 Å². The monoisotopic (exact) mass is 321 g/mol. The van der Waals surface area contributed by atoms with Crippen molar-refractivity contribution in [2.45, 2.75) is 38.8 Å². The topological polar surface area (TPSA) is 41.5 Å². The summed E-state index contributed by atoms with van der Waals surface area (Å²) in [5.74, 6) is 0. The maximum atomic E-state index is 9.41. The van der Waals surface area contributed by atoms with Gasteiger partial charge < -0.3 is 15.2 Å². The van der Waals surface area contributed by atoms with Gasteiger partial charge in [-0.15, -0.1) is 11.3 Å². The van der Waals surface area contributed by atoms with Gasteiger partial charge in [0, 0.05) is 17.0 Å². The van der Waals surface area contributed by atoms with Crippen LogP contribution in [0.4, 0.5) is 0 Å². The first-order chi connectivity index (χ1) is 8.04. The molecule has 0 aliphatic heterocycles. The summed E-state index contributed by atoms with van der Waals surface area (Å²) in [7, 11) is 1.67. The van der Waals surface area contributed by atoms with Crippen molar-refractivity contribution < 1.29 is 9.84 Å². The minimum Gasteiger partial charge on any atom is -0.486 e. The lowest BCUT2D eigenvalue weighted by Gasteiger charge is -2.28. The van der Waals surface area contributed by atoms with Gasteiger partial charge in [0.15, 0.2) is 5.06 Å². The molecule has 0 radical (unpaired) electrons. The fourth-order valence-corrected chi connectivity index (χ4v) is 3.33. The molecule has 0 aliphatic carbocycles. The van der Waals surface area contributed by atoms with Crippen molar-refractivity contribution in [3.8, 4) is 5.06 Å². The van der Waals surface area contributed by atoms with Gasteiger partial charge in [0.1, 0.15) is 0 Å². The highest BCUT2D eigenvalue weighted by Gasteiger charge is 2.21. The Balaban J connectivity index is 2.59. The Labute approximate surface area is 115 Å². The maximum Gasteiger partial charge on any atom is 0.188 e. The quantitative estimate of drug-likeness (QED) is 0.810. The summed E-state index contributed by atoms with van der Waals surface area (Å²) in [6.07, 6.45) is 2.02. The van der Waals surface area contributed by atoms with Gasteiger partial charge in [0.25, 0.3) is 0 Å². The zero-order valence-corrected chi connectivity index (χ0v) is 12.9. The van der Waals surface area contributed by atoms with Gasteiger partial charge in [-0.3, -0.25) is 0 Å². The molecule has 0 saturated heterocycles. The van der Waals surface area contributed by atoms with Crippen LogP contribution < -0.4 is 10.1 Å². The molecular weight excluding hydrogens is 302 g/mol. The highest BCUT2D eigenvalue weighted by atomic mass is 79.9. The van der Waals surface area contributed by atoms with Gasteiger partial charge in [-0.25, -0.2) is 0 Å². The number of aliphatic hydroxyl groups excluding tert-OH is 1. The van der Waals surface area contributed by atoms with Crippen LogP contribution in [-0.4, -0.2) is 24.4 Å². The Hall–Kier alpha value is -0.100. The zero-order chi connectivity index (χ0) is 12.9. The number of rotatable bonds is 7. The van der Waals surface area contributed by atoms with Crippen molar-refractivity contribution in [3.05, 3.63) is 15.4 Å². The van der Waals surface area contributed by atoms with E-state index in [2.05, 4.69) is 41.2 Å². The predicted molar refractivity (Wildman–Crippen MR) is 75.8 cm³/mol. The Morgan fingerprint density at radius 2 is 2.29 bits per heavy atom. The third-order valence-corrected chi connectivity index (χ3v) is 4.68. The third kappa shape index (κ3) is 4.25. The summed E-state index contributed by atoms with van der Waals surface area (Å²) >= 11 is 5.07. The van der Waals surface area contributed by atoms with Crippen molar-refractivity contribution >= 4 is 27.3 Å². The molecule has 1 heterocycles. The van der Waals surface area contributed by atoms with E-state index in [1.165, 1.54) is 4.88 Å². The molecule has 0 saturated carbocycles. The SMILES string of the molecule is CCCC(C)(CO)NCc1cc(Br)c(OC)s1. The molecule has 1 atom stereocenters. The lowest BCUT2D eigenvalue weighted by atomic mass is 9.97. The number of ether oxygens (including phenoxy) is 1. The number of halogens is 1. The van der Waals surface area contributed by atoms with Crippen molar-refractivity contribution in [1.29, 1.82) is 0 Å². The van der Waals surface area contributed by atoms with E-state index in [9.17, 15) is 5.11 Å². The van der Waals surface area contributed by atoms with Crippen LogP contribution in [0.25, 0.3) is 0 Å². The van der Waals surface area contributed by atoms with Crippen LogP contribution in [0.5, 0.6) is 5.06 Å². The van der Waals surface area contributed by atoms with Crippen LogP contribution in [0.3, 0.4) is 0 Å². The van der Waals surface area contributed by atoms with E-state index in [0.717, 1.165) is 28.9 Å². The summed E-state index contributed by atoms with van der Waals surface area (Å²) in [5.41, 5.74) is -0.196. The van der Waals surface area contributed by atoms with Gasteiger partial charge in [-0.2, -0.15) is 0 Å². The van der Waals surface area contributed by atoms with Crippen LogP contribution in [0, 0.1) is 0 Å². The lowest BCUT2D eigenvalue weighted by Crippen LogP contribution is -2.44. The fraction of sp³-hybridized carbons (Fsp3) is 0.667. The van der Waals surface area contributed by atoms with E-state index in [4.69, 9.17) is 4.74 Å². The summed E-state index contributed by atoms with van der Waals surface area (Å²) in [5, 5.41) is 13.7. The second-order valence-electron chi connectivity index (χ2n) is 4.37. The molecule has 5 heteroatoms. The third-order valence-electron chi connectivity index (χ3n) is 2.73. The number of aliphatic hydroxyl groups is 1. The molecule has 98 valence electrons. The summed E-state index contributed by atoms with van der Waals surface area (Å²) < 4.78 is 6.21. The molecule has 2 N–H and O–H groups in total. The first-order valence-corrected chi connectivity index (χ1v) is 7.33. The van der Waals surface area contributed by atoms with E-state index in [1.54, 1.807) is 18.4 Å². The normalized spacial score (nSPS) is 14.6. The summed E-state index contributed by atoms with van der Waals surface area (Å²) in [4.78, 5) is 1.20. The molecule has 1 aromatic rings. The number of nitrogens with one attached hydrogen (secondary N) is 1. The second kappa shape index (κ2) is 6.73. The molecule has 0 bridgehead atoms. The second-order valence-corrected chi connectivity index (χ2v) is 6.33. The van der Waals surface area contributed by atoms with Crippen molar-refractivity contribution in [2.24, 2.45) is 0 Å². The molecule has 0 amide bonds. The fourth-order valence-electron chi connectivity index (χ4n) is 1.70. The Morgan fingerprint density at radius 3 is 2.76 bits per heavy atom. The van der Waals surface area contributed by atoms with E-state index in [-0.39, 0.29) is 12.1 Å². The average Bonchev–Trinajstić information content (AvgIpc) is 2.68. The maximum absolute atomic E-state index is 9.41. The molecule has 1 rings (SSSR count). The molecule has 1 unspecified atom stereocenters. The number of hydrogen-bond acceptors (Lipinski definition) is 4. The Bertz CT molecular complexity index is 356. The lowest BCUT2D eigenvalue weighted by molar-refractivity contribution is 0.163. The van der Waals surface area contributed by atoms with E-state index >= 15 is 0 Å². The molecule has 0 aliphatic rings. The summed E-state index contributed by atoms with van der Waals surface area (Å²) in [6, 6.07) is 2.06. The minimum absolute atomic E-state index is 0.157. The number of thiophene rings is 1. The highest BCUT2D eigenvalue weighted by Crippen LogP contribution is 2.34. The highest BCUT2D eigenvalue weighted by molar-refractivity contribution is 9.10. The van der Waals surface area contributed by atoms with Gasteiger partial charge >= 0.3 is 0 Å². The van der Waals surface area contributed by atoms with Crippen LogP contribution in [0.1, 0.15) is 31.6 Å². The minimum atomic E-state index is -0.196. The van der Waals surface area contributed by atoms with Gasteiger partial charge in [0.2, 0.25) is 0 Å². The summed E-state index contributed by atoms with van der Waals surface area (Å²) in [6.45, 7) is 5.09. The first kappa shape index (κ1) is 15.0. The van der Waals surface area contributed by atoms with Crippen molar-refractivity contribution in [3.63, 3.8) is 0 Å². The predicted octanol–water partition coefficient (Wildman–Crippen LogP) is 3.16. The first-order valence-electron chi connectivity index (χ1n) is 5.72. The number of methoxy groups -OCH3 is 1. The standard InChI is InChI=1S/C12H20BrNO2S/c1-4-5-12(2,8-15)14-7-9-6-10(13)11(16-3)17-9/h6,14-15H,4-5,7-8H2,1-3H3. The van der Waals surface area contributed by atoms with Gasteiger partial charge in [0.05, 0.1) is 18.2 Å². The Kier molecular flexibility index (Phi) is 5.92. The smallest absolute Gasteiger partial charge is 0.188 e. The molecular formula is C12H20BrNO2S. The number of hydrogen-bond donors (Lipinski definition) is 2. The molecule has 1 aromatic heterocycles. The molecule has 17 heavy (non-hydrogen) atoms. The van der Waals surface area contributed by atoms with E-state index < -0.39 is 0 Å².